The van der Waals surface area contributed by atoms with Crippen molar-refractivity contribution in [2.75, 3.05) is 0 Å². The maximum Gasteiger partial charge on any atom is 0.164 e. The van der Waals surface area contributed by atoms with E-state index < -0.39 is 0 Å². The molecule has 0 fully saturated rings. The number of hydrogen-bond acceptors (Lipinski definition) is 3. The minimum Gasteiger partial charge on any atom is -0.208 e. The summed E-state index contributed by atoms with van der Waals surface area (Å²) in [6.07, 6.45) is 0. The van der Waals surface area contributed by atoms with Gasteiger partial charge in [-0.3, -0.25) is 0 Å². The lowest BCUT2D eigenvalue weighted by atomic mass is 9.86. The minimum absolute atomic E-state index is 0.649. The lowest BCUT2D eigenvalue weighted by Crippen LogP contribution is -2.00. The summed E-state index contributed by atoms with van der Waals surface area (Å²) in [5, 5.41) is 14.8. The zero-order chi connectivity index (χ0) is 35.6. The summed E-state index contributed by atoms with van der Waals surface area (Å²) in [5.41, 5.74) is 5.23. The van der Waals surface area contributed by atoms with Crippen LogP contribution in [0.25, 0.3) is 110 Å². The summed E-state index contributed by atoms with van der Waals surface area (Å²) in [4.78, 5) is 15.2. The van der Waals surface area contributed by atoms with E-state index in [0.717, 1.165) is 27.5 Å². The van der Waals surface area contributed by atoms with Crippen LogP contribution >= 0.6 is 0 Å². The largest absolute Gasteiger partial charge is 0.208 e. The molecule has 0 aliphatic heterocycles. The maximum atomic E-state index is 5.11. The average molecular weight is 686 g/mol. The van der Waals surface area contributed by atoms with Crippen molar-refractivity contribution in [1.82, 2.24) is 15.0 Å². The third kappa shape index (κ3) is 4.72. The molecule has 10 aromatic carbocycles. The molecule has 0 aliphatic rings. The molecule has 11 rings (SSSR count). The number of rotatable bonds is 4. The van der Waals surface area contributed by atoms with Crippen molar-refractivity contribution in [1.29, 1.82) is 0 Å². The molecule has 250 valence electrons. The first-order valence-corrected chi connectivity index (χ1v) is 18.4. The van der Waals surface area contributed by atoms with E-state index in [1.807, 2.05) is 36.4 Å². The maximum absolute atomic E-state index is 5.11. The number of aromatic nitrogens is 3. The Hall–Kier alpha value is -7.23. The number of nitrogens with zero attached hydrogens (tertiary/aromatic N) is 3. The molecule has 54 heavy (non-hydrogen) atoms. The molecule has 0 atom stereocenters. The standard InChI is InChI=1S/C51H31N3/c1-3-14-34(15-4-1)49-52-50(35-16-5-2-6-17-35)54-51(53-49)45-31-30-39(36-20-7-8-21-37(36)45)42-26-13-27-44-43-25-12-19-33-29-28-32-18-11-24-40(46(32)47(33)43)38-22-9-10-23-41(38)48(42)44/h1-31H. The molecule has 1 aromatic heterocycles. The monoisotopic (exact) mass is 685 g/mol. The molecule has 0 unspecified atom stereocenters. The summed E-state index contributed by atoms with van der Waals surface area (Å²) in [5.74, 6) is 1.95. The zero-order valence-corrected chi connectivity index (χ0v) is 29.2. The summed E-state index contributed by atoms with van der Waals surface area (Å²) in [6, 6.07) is 67.1. The molecular weight excluding hydrogens is 655 g/mol. The van der Waals surface area contributed by atoms with Crippen LogP contribution in [0.4, 0.5) is 0 Å². The van der Waals surface area contributed by atoms with E-state index in [2.05, 4.69) is 152 Å². The van der Waals surface area contributed by atoms with Crippen LogP contribution in [0.5, 0.6) is 0 Å². The highest BCUT2D eigenvalue weighted by atomic mass is 15.0. The summed E-state index contributed by atoms with van der Waals surface area (Å²) in [7, 11) is 0. The van der Waals surface area contributed by atoms with Gasteiger partial charge in [-0.1, -0.05) is 182 Å². The molecule has 1 heterocycles. The Kier molecular flexibility index (Phi) is 6.86. The Morgan fingerprint density at radius 1 is 0.222 bits per heavy atom. The molecule has 3 nitrogen and oxygen atoms in total. The first kappa shape index (κ1) is 30.4. The van der Waals surface area contributed by atoms with Gasteiger partial charge in [-0.15, -0.1) is 0 Å². The van der Waals surface area contributed by atoms with Gasteiger partial charge in [0.1, 0.15) is 0 Å². The van der Waals surface area contributed by atoms with Crippen LogP contribution in [-0.4, -0.2) is 15.0 Å². The average Bonchev–Trinajstić information content (AvgIpc) is 3.25. The summed E-state index contributed by atoms with van der Waals surface area (Å²) >= 11 is 0. The van der Waals surface area contributed by atoms with E-state index >= 15 is 0 Å². The minimum atomic E-state index is 0.649. The first-order valence-electron chi connectivity index (χ1n) is 18.4. The van der Waals surface area contributed by atoms with Gasteiger partial charge in [0.2, 0.25) is 0 Å². The molecule has 3 heteroatoms. The SMILES string of the molecule is c1ccc(-c2nc(-c3ccccc3)nc(-c3ccc(-c4cccc5c6cccc7ccc8cccc(c9ccccc9c45)c8c76)c4ccccc34)n2)cc1. The van der Waals surface area contributed by atoms with Crippen molar-refractivity contribution >= 4 is 64.6 Å². The van der Waals surface area contributed by atoms with E-state index in [9.17, 15) is 0 Å². The molecule has 0 saturated carbocycles. The van der Waals surface area contributed by atoms with Gasteiger partial charge in [-0.25, -0.2) is 15.0 Å². The van der Waals surface area contributed by atoms with Crippen molar-refractivity contribution in [3.8, 4) is 45.3 Å². The van der Waals surface area contributed by atoms with Gasteiger partial charge in [-0.05, 0) is 81.8 Å². The van der Waals surface area contributed by atoms with Crippen LogP contribution < -0.4 is 0 Å². The molecule has 11 aromatic rings. The highest BCUT2D eigenvalue weighted by Crippen LogP contribution is 2.44. The molecule has 0 N–H and O–H groups in total. The van der Waals surface area contributed by atoms with E-state index in [1.165, 1.54) is 65.0 Å². The highest BCUT2D eigenvalue weighted by molar-refractivity contribution is 6.34. The van der Waals surface area contributed by atoms with Gasteiger partial charge in [0.25, 0.3) is 0 Å². The van der Waals surface area contributed by atoms with Crippen molar-refractivity contribution in [2.45, 2.75) is 0 Å². The first-order chi connectivity index (χ1) is 26.8. The smallest absolute Gasteiger partial charge is 0.164 e. The summed E-state index contributed by atoms with van der Waals surface area (Å²) in [6.45, 7) is 0. The normalized spacial score (nSPS) is 11.7. The second kappa shape index (κ2) is 12.2. The van der Waals surface area contributed by atoms with E-state index in [-0.39, 0.29) is 0 Å². The Labute approximate surface area is 311 Å². The van der Waals surface area contributed by atoms with Crippen molar-refractivity contribution in [2.24, 2.45) is 0 Å². The van der Waals surface area contributed by atoms with Crippen LogP contribution in [0, 0.1) is 0 Å². The lowest BCUT2D eigenvalue weighted by Gasteiger charge is -2.17. The lowest BCUT2D eigenvalue weighted by molar-refractivity contribution is 1.08. The van der Waals surface area contributed by atoms with Crippen LogP contribution in [0.2, 0.25) is 0 Å². The van der Waals surface area contributed by atoms with Gasteiger partial charge in [0, 0.05) is 16.7 Å². The number of fused-ring (bicyclic) bond motifs is 6. The third-order valence-corrected chi connectivity index (χ3v) is 10.9. The van der Waals surface area contributed by atoms with E-state index in [4.69, 9.17) is 15.0 Å². The van der Waals surface area contributed by atoms with E-state index in [0.29, 0.717) is 17.5 Å². The van der Waals surface area contributed by atoms with Crippen molar-refractivity contribution in [3.05, 3.63) is 188 Å². The Balaban J connectivity index is 1.23. The highest BCUT2D eigenvalue weighted by Gasteiger charge is 2.19. The van der Waals surface area contributed by atoms with Crippen molar-refractivity contribution in [3.63, 3.8) is 0 Å². The van der Waals surface area contributed by atoms with Gasteiger partial charge >= 0.3 is 0 Å². The van der Waals surface area contributed by atoms with Gasteiger partial charge in [0.05, 0.1) is 0 Å². The van der Waals surface area contributed by atoms with Crippen LogP contribution in [-0.2, 0) is 0 Å². The Bertz CT molecular complexity index is 3200. The molecule has 0 amide bonds. The number of benzene rings is 9. The second-order valence-corrected chi connectivity index (χ2v) is 13.9. The fraction of sp³-hybridized carbons (Fsp3) is 0. The molecule has 0 aliphatic carbocycles. The van der Waals surface area contributed by atoms with Crippen LogP contribution in [0.3, 0.4) is 0 Å². The Morgan fingerprint density at radius 2 is 0.630 bits per heavy atom. The Morgan fingerprint density at radius 3 is 1.24 bits per heavy atom. The quantitative estimate of drug-likeness (QED) is 0.173. The fourth-order valence-corrected chi connectivity index (χ4v) is 8.49. The summed E-state index contributed by atoms with van der Waals surface area (Å²) < 4.78 is 0. The topological polar surface area (TPSA) is 38.7 Å². The van der Waals surface area contributed by atoms with Gasteiger partial charge in [0.15, 0.2) is 17.5 Å². The predicted octanol–water partition coefficient (Wildman–Crippen LogP) is 13.5. The van der Waals surface area contributed by atoms with E-state index in [1.54, 1.807) is 0 Å². The fourth-order valence-electron chi connectivity index (χ4n) is 8.49. The van der Waals surface area contributed by atoms with Gasteiger partial charge < -0.3 is 0 Å². The van der Waals surface area contributed by atoms with Crippen molar-refractivity contribution < 1.29 is 0 Å². The molecular formula is C51H31N3. The second-order valence-electron chi connectivity index (χ2n) is 13.9. The number of hydrogen-bond donors (Lipinski definition) is 0. The zero-order valence-electron chi connectivity index (χ0n) is 29.2. The molecule has 0 saturated heterocycles. The molecule has 0 bridgehead atoms. The molecule has 0 spiro atoms. The predicted molar refractivity (Wildman–Crippen MR) is 227 cm³/mol. The van der Waals surface area contributed by atoms with Gasteiger partial charge in [-0.2, -0.15) is 0 Å². The van der Waals surface area contributed by atoms with Crippen LogP contribution in [0.1, 0.15) is 0 Å². The molecule has 0 radical (unpaired) electrons. The van der Waals surface area contributed by atoms with Crippen LogP contribution in [0.15, 0.2) is 188 Å². The third-order valence-electron chi connectivity index (χ3n) is 10.9.